The minimum atomic E-state index is -0.712. The van der Waals surface area contributed by atoms with Crippen molar-refractivity contribution in [2.75, 3.05) is 0 Å². The van der Waals surface area contributed by atoms with Crippen LogP contribution < -0.4 is 5.73 Å². The normalized spacial score (nSPS) is 49.2. The molecule has 0 bridgehead atoms. The average molecular weight is 145 g/mol. The van der Waals surface area contributed by atoms with Gasteiger partial charge in [-0.15, -0.1) is 0 Å². The van der Waals surface area contributed by atoms with Crippen molar-refractivity contribution in [3.05, 3.63) is 0 Å². The van der Waals surface area contributed by atoms with E-state index in [1.165, 1.54) is 0 Å². The number of hydrogen-bond acceptors (Lipinski definition) is 3. The highest BCUT2D eigenvalue weighted by Gasteiger charge is 2.31. The lowest BCUT2D eigenvalue weighted by Gasteiger charge is -2.32. The first-order chi connectivity index (χ1) is 4.61. The second-order valence-electron chi connectivity index (χ2n) is 3.30. The molecule has 4 unspecified atom stereocenters. The van der Waals surface area contributed by atoms with Gasteiger partial charge in [0.2, 0.25) is 0 Å². The number of nitrogens with two attached hydrogens (primary N) is 1. The van der Waals surface area contributed by atoms with Crippen molar-refractivity contribution in [1.82, 2.24) is 0 Å². The predicted molar refractivity (Wildman–Crippen MR) is 38.4 cm³/mol. The summed E-state index contributed by atoms with van der Waals surface area (Å²) in [6, 6.07) is -0.237. The maximum Gasteiger partial charge on any atom is 0.0949 e. The standard InChI is InChI=1S/C7H15NO2/c1-4-2-5(8)7(10)6(9)3-4/h4-7,9-10H,2-3,8H2,1H3. The molecule has 1 rings (SSSR count). The Hall–Kier alpha value is -0.120. The monoisotopic (exact) mass is 145 g/mol. The summed E-state index contributed by atoms with van der Waals surface area (Å²) in [6.45, 7) is 2.04. The van der Waals surface area contributed by atoms with Gasteiger partial charge in [-0.2, -0.15) is 0 Å². The lowest BCUT2D eigenvalue weighted by molar-refractivity contribution is -0.0347. The topological polar surface area (TPSA) is 66.5 Å². The van der Waals surface area contributed by atoms with Crippen LogP contribution in [0, 0.1) is 5.92 Å². The highest BCUT2D eigenvalue weighted by atomic mass is 16.3. The summed E-state index contributed by atoms with van der Waals surface area (Å²) in [6.07, 6.45) is 0.169. The fourth-order valence-electron chi connectivity index (χ4n) is 1.54. The van der Waals surface area contributed by atoms with Gasteiger partial charge in [0, 0.05) is 6.04 Å². The van der Waals surface area contributed by atoms with Crippen LogP contribution in [-0.4, -0.2) is 28.5 Å². The Kier molecular flexibility index (Phi) is 2.28. The Labute approximate surface area is 60.9 Å². The molecule has 3 heteroatoms. The Balaban J connectivity index is 2.49. The lowest BCUT2D eigenvalue weighted by Crippen LogP contribution is -2.48. The Bertz CT molecular complexity index is 106. The first-order valence-electron chi connectivity index (χ1n) is 3.73. The van der Waals surface area contributed by atoms with Gasteiger partial charge >= 0.3 is 0 Å². The van der Waals surface area contributed by atoms with Gasteiger partial charge in [0.15, 0.2) is 0 Å². The summed E-state index contributed by atoms with van der Waals surface area (Å²) in [5.74, 6) is 0.438. The third-order valence-corrected chi connectivity index (χ3v) is 2.15. The summed E-state index contributed by atoms with van der Waals surface area (Å²) in [7, 11) is 0. The summed E-state index contributed by atoms with van der Waals surface area (Å²) < 4.78 is 0. The number of rotatable bonds is 0. The highest BCUT2D eigenvalue weighted by Crippen LogP contribution is 2.22. The van der Waals surface area contributed by atoms with Crippen LogP contribution in [-0.2, 0) is 0 Å². The maximum atomic E-state index is 9.19. The molecule has 4 N–H and O–H groups in total. The minimum Gasteiger partial charge on any atom is -0.390 e. The average Bonchev–Trinajstić information content (AvgIpc) is 1.82. The van der Waals surface area contributed by atoms with E-state index in [2.05, 4.69) is 0 Å². The zero-order valence-corrected chi connectivity index (χ0v) is 6.20. The molecule has 0 aliphatic heterocycles. The first kappa shape index (κ1) is 7.98. The predicted octanol–water partition coefficient (Wildman–Crippen LogP) is -0.535. The summed E-state index contributed by atoms with van der Waals surface area (Å²) in [4.78, 5) is 0. The molecule has 0 heterocycles. The van der Waals surface area contributed by atoms with Crippen LogP contribution in [0.1, 0.15) is 19.8 Å². The zero-order valence-electron chi connectivity index (χ0n) is 6.20. The van der Waals surface area contributed by atoms with E-state index in [-0.39, 0.29) is 6.04 Å². The van der Waals surface area contributed by atoms with Gasteiger partial charge in [0.25, 0.3) is 0 Å². The van der Waals surface area contributed by atoms with Crippen LogP contribution in [0.25, 0.3) is 0 Å². The van der Waals surface area contributed by atoms with E-state index in [9.17, 15) is 10.2 Å². The Morgan fingerprint density at radius 1 is 1.30 bits per heavy atom. The van der Waals surface area contributed by atoms with Gasteiger partial charge in [-0.25, -0.2) is 0 Å². The molecule has 0 radical (unpaired) electrons. The summed E-state index contributed by atoms with van der Waals surface area (Å²) in [5, 5.41) is 18.4. The molecule has 0 aromatic heterocycles. The molecule has 60 valence electrons. The minimum absolute atomic E-state index is 0.237. The first-order valence-corrected chi connectivity index (χ1v) is 3.73. The fraction of sp³-hybridized carbons (Fsp3) is 1.00. The molecule has 1 aliphatic rings. The molecule has 0 spiro atoms. The van der Waals surface area contributed by atoms with E-state index in [1.54, 1.807) is 0 Å². The van der Waals surface area contributed by atoms with E-state index in [4.69, 9.17) is 5.73 Å². The van der Waals surface area contributed by atoms with Gasteiger partial charge in [-0.1, -0.05) is 6.92 Å². The molecule has 0 aromatic carbocycles. The SMILES string of the molecule is CC1CC(N)C(O)C(O)C1. The van der Waals surface area contributed by atoms with Crippen LogP contribution >= 0.6 is 0 Å². The molecule has 0 saturated heterocycles. The van der Waals surface area contributed by atoms with Crippen molar-refractivity contribution < 1.29 is 10.2 Å². The second-order valence-corrected chi connectivity index (χ2v) is 3.30. The molecule has 1 fully saturated rings. The quantitative estimate of drug-likeness (QED) is 0.429. The highest BCUT2D eigenvalue weighted by molar-refractivity contribution is 4.86. The van der Waals surface area contributed by atoms with Crippen molar-refractivity contribution in [3.63, 3.8) is 0 Å². The molecule has 3 nitrogen and oxygen atoms in total. The number of hydrogen-bond donors (Lipinski definition) is 3. The molecule has 4 atom stereocenters. The van der Waals surface area contributed by atoms with Gasteiger partial charge in [0.05, 0.1) is 12.2 Å². The van der Waals surface area contributed by atoms with Crippen molar-refractivity contribution in [2.45, 2.75) is 38.0 Å². The smallest absolute Gasteiger partial charge is 0.0949 e. The fourth-order valence-corrected chi connectivity index (χ4v) is 1.54. The second kappa shape index (κ2) is 2.86. The van der Waals surface area contributed by atoms with Crippen molar-refractivity contribution in [3.8, 4) is 0 Å². The molecule has 10 heavy (non-hydrogen) atoms. The van der Waals surface area contributed by atoms with E-state index < -0.39 is 12.2 Å². The molecule has 1 aliphatic carbocycles. The van der Waals surface area contributed by atoms with Crippen molar-refractivity contribution in [2.24, 2.45) is 11.7 Å². The van der Waals surface area contributed by atoms with E-state index in [1.807, 2.05) is 6.92 Å². The Morgan fingerprint density at radius 3 is 2.40 bits per heavy atom. The third-order valence-electron chi connectivity index (χ3n) is 2.15. The van der Waals surface area contributed by atoms with E-state index >= 15 is 0 Å². The van der Waals surface area contributed by atoms with E-state index in [0.717, 1.165) is 6.42 Å². The van der Waals surface area contributed by atoms with Crippen molar-refractivity contribution in [1.29, 1.82) is 0 Å². The van der Waals surface area contributed by atoms with Crippen LogP contribution in [0.4, 0.5) is 0 Å². The molecule has 0 aromatic rings. The molecule has 0 amide bonds. The summed E-state index contributed by atoms with van der Waals surface area (Å²) in [5.41, 5.74) is 5.55. The third kappa shape index (κ3) is 1.48. The maximum absolute atomic E-state index is 9.19. The Morgan fingerprint density at radius 2 is 1.90 bits per heavy atom. The van der Waals surface area contributed by atoms with Crippen LogP contribution in [0.2, 0.25) is 0 Å². The number of aliphatic hydroxyl groups excluding tert-OH is 2. The van der Waals surface area contributed by atoms with Crippen molar-refractivity contribution >= 4 is 0 Å². The van der Waals surface area contributed by atoms with E-state index in [0.29, 0.717) is 12.3 Å². The summed E-state index contributed by atoms with van der Waals surface area (Å²) >= 11 is 0. The molecule has 1 saturated carbocycles. The van der Waals surface area contributed by atoms with Gasteiger partial charge in [-0.3, -0.25) is 0 Å². The zero-order chi connectivity index (χ0) is 7.72. The molecular formula is C7H15NO2. The molecular weight excluding hydrogens is 130 g/mol. The largest absolute Gasteiger partial charge is 0.390 e. The van der Waals surface area contributed by atoms with Gasteiger partial charge in [0.1, 0.15) is 0 Å². The van der Waals surface area contributed by atoms with Crippen LogP contribution in [0.5, 0.6) is 0 Å². The van der Waals surface area contributed by atoms with Crippen LogP contribution in [0.15, 0.2) is 0 Å². The van der Waals surface area contributed by atoms with Crippen LogP contribution in [0.3, 0.4) is 0 Å². The lowest BCUT2D eigenvalue weighted by atomic mass is 9.83. The number of aliphatic hydroxyl groups is 2. The van der Waals surface area contributed by atoms with Gasteiger partial charge in [-0.05, 0) is 18.8 Å². The van der Waals surface area contributed by atoms with Gasteiger partial charge < -0.3 is 15.9 Å².